The van der Waals surface area contributed by atoms with Gasteiger partial charge in [-0.25, -0.2) is 4.98 Å². The van der Waals surface area contributed by atoms with Gasteiger partial charge in [-0.2, -0.15) is 0 Å². The van der Waals surface area contributed by atoms with Gasteiger partial charge in [-0.15, -0.1) is 0 Å². The number of imidazole rings is 1. The Labute approximate surface area is 161 Å². The normalized spacial score (nSPS) is 14.2. The molecule has 7 nitrogen and oxygen atoms in total. The molecule has 0 bridgehead atoms. The van der Waals surface area contributed by atoms with E-state index in [0.29, 0.717) is 11.4 Å². The topological polar surface area (TPSA) is 102 Å². The first-order valence-electron chi connectivity index (χ1n) is 8.87. The van der Waals surface area contributed by atoms with Crippen LogP contribution in [0.25, 0.3) is 16.6 Å². The Balaban J connectivity index is 1.59. The van der Waals surface area contributed by atoms with Crippen LogP contribution in [0.1, 0.15) is 17.0 Å². The molecule has 0 saturated carbocycles. The number of aromatic amines is 1. The van der Waals surface area contributed by atoms with Crippen LogP contribution in [-0.4, -0.2) is 40.5 Å². The number of aromatic nitrogens is 2. The number of benzene rings is 2. The molecule has 0 aliphatic carbocycles. The number of nitrogens with one attached hydrogen (secondary N) is 2. The number of carbonyl (C=O) groups is 1. The zero-order valence-corrected chi connectivity index (χ0v) is 15.6. The minimum absolute atomic E-state index is 0.0967. The van der Waals surface area contributed by atoms with Gasteiger partial charge in [-0.1, -0.05) is 18.2 Å². The van der Waals surface area contributed by atoms with E-state index >= 15 is 0 Å². The first-order valence-corrected chi connectivity index (χ1v) is 8.87. The summed E-state index contributed by atoms with van der Waals surface area (Å²) in [6.45, 7) is 2.19. The third kappa shape index (κ3) is 3.11. The molecule has 2 heterocycles. The number of fused-ring (bicyclic) bond motifs is 1. The van der Waals surface area contributed by atoms with E-state index in [9.17, 15) is 9.90 Å². The van der Waals surface area contributed by atoms with Crippen molar-refractivity contribution in [2.24, 2.45) is 0 Å². The second-order valence-corrected chi connectivity index (χ2v) is 6.78. The molecule has 1 aliphatic rings. The smallest absolute Gasteiger partial charge is 0.309 e. The van der Waals surface area contributed by atoms with Crippen molar-refractivity contribution in [1.29, 1.82) is 5.41 Å². The summed E-state index contributed by atoms with van der Waals surface area (Å²) < 4.78 is 4.68. The lowest BCUT2D eigenvalue weighted by Crippen LogP contribution is -2.26. The fourth-order valence-corrected chi connectivity index (χ4v) is 3.32. The molecule has 0 unspecified atom stereocenters. The van der Waals surface area contributed by atoms with Crippen molar-refractivity contribution < 1.29 is 14.6 Å². The van der Waals surface area contributed by atoms with Crippen LogP contribution in [0.4, 0.5) is 5.69 Å². The van der Waals surface area contributed by atoms with Crippen molar-refractivity contribution in [2.75, 3.05) is 18.6 Å². The molecule has 0 spiro atoms. The lowest BCUT2D eigenvalue weighted by atomic mass is 10.1. The Bertz CT molecular complexity index is 1110. The molecule has 142 valence electrons. The van der Waals surface area contributed by atoms with E-state index in [0.717, 1.165) is 27.8 Å². The summed E-state index contributed by atoms with van der Waals surface area (Å²) in [4.78, 5) is 20.8. The van der Waals surface area contributed by atoms with Gasteiger partial charge in [-0.05, 0) is 42.3 Å². The molecule has 3 N–H and O–H groups in total. The van der Waals surface area contributed by atoms with E-state index in [1.54, 1.807) is 4.90 Å². The summed E-state index contributed by atoms with van der Waals surface area (Å²) >= 11 is 0. The van der Waals surface area contributed by atoms with Gasteiger partial charge >= 0.3 is 5.97 Å². The Morgan fingerprint density at radius 1 is 1.29 bits per heavy atom. The fraction of sp³-hybridized carbons (Fsp3) is 0.190. The summed E-state index contributed by atoms with van der Waals surface area (Å²) in [7, 11) is 1.36. The maximum Gasteiger partial charge on any atom is 0.309 e. The number of hydrogen-bond acceptors (Lipinski definition) is 5. The fourth-order valence-electron chi connectivity index (χ4n) is 3.32. The highest BCUT2D eigenvalue weighted by atomic mass is 16.5. The summed E-state index contributed by atoms with van der Waals surface area (Å²) in [6.07, 6.45) is 0.196. The third-order valence-electron chi connectivity index (χ3n) is 4.80. The summed E-state index contributed by atoms with van der Waals surface area (Å²) in [5.41, 5.74) is 4.75. The Morgan fingerprint density at radius 2 is 2.04 bits per heavy atom. The number of carbonyl (C=O) groups excluding carboxylic acids is 1. The standard InChI is InChI=1S/C21H20N4O3/c1-12-3-8-15-16(9-12)24-21(23-15)19-17(26)11-25(20(19)22)14-6-4-13(5-7-14)10-18(27)28-2/h3-9,22,26H,10-11H2,1-2H3,(H,23,24). The maximum atomic E-state index is 11.4. The van der Waals surface area contributed by atoms with Crippen molar-refractivity contribution in [3.8, 4) is 0 Å². The van der Waals surface area contributed by atoms with Crippen molar-refractivity contribution in [3.63, 3.8) is 0 Å². The highest BCUT2D eigenvalue weighted by Gasteiger charge is 2.31. The number of esters is 1. The first kappa shape index (κ1) is 17.8. The molecule has 1 aliphatic heterocycles. The lowest BCUT2D eigenvalue weighted by Gasteiger charge is -2.18. The van der Waals surface area contributed by atoms with Gasteiger partial charge in [0.15, 0.2) is 0 Å². The number of H-pyrrole nitrogens is 1. The molecule has 3 aromatic rings. The molecule has 7 heteroatoms. The SMILES string of the molecule is COC(=O)Cc1ccc(N2CC(O)=C(c3nc4ccc(C)cc4[nH]3)C2=N)cc1. The number of anilines is 1. The predicted octanol–water partition coefficient (Wildman–Crippen LogP) is 3.35. The highest BCUT2D eigenvalue weighted by molar-refractivity contribution is 6.30. The number of hydrogen-bond donors (Lipinski definition) is 3. The van der Waals surface area contributed by atoms with Crippen molar-refractivity contribution in [2.45, 2.75) is 13.3 Å². The van der Waals surface area contributed by atoms with Crippen LogP contribution in [0.3, 0.4) is 0 Å². The van der Waals surface area contributed by atoms with E-state index in [2.05, 4.69) is 14.7 Å². The molecule has 0 saturated heterocycles. The van der Waals surface area contributed by atoms with Gasteiger partial charge in [0, 0.05) is 5.69 Å². The molecule has 1 aromatic heterocycles. The summed E-state index contributed by atoms with van der Waals surface area (Å²) in [5.74, 6) is 0.449. The third-order valence-corrected chi connectivity index (χ3v) is 4.80. The van der Waals surface area contributed by atoms with Crippen molar-refractivity contribution >= 4 is 34.1 Å². The van der Waals surface area contributed by atoms with Gasteiger partial charge in [0.05, 0.1) is 36.7 Å². The quantitative estimate of drug-likeness (QED) is 0.606. The molecule has 2 aromatic carbocycles. The predicted molar refractivity (Wildman–Crippen MR) is 108 cm³/mol. The molecule has 0 radical (unpaired) electrons. The van der Waals surface area contributed by atoms with Crippen molar-refractivity contribution in [3.05, 3.63) is 65.2 Å². The largest absolute Gasteiger partial charge is 0.509 e. The molecule has 0 amide bonds. The minimum atomic E-state index is -0.302. The number of aliphatic hydroxyl groups is 1. The van der Waals surface area contributed by atoms with E-state index in [1.807, 2.05) is 49.4 Å². The molecule has 28 heavy (non-hydrogen) atoms. The van der Waals surface area contributed by atoms with Gasteiger partial charge in [0.2, 0.25) is 0 Å². The van der Waals surface area contributed by atoms with Crippen LogP contribution in [0, 0.1) is 12.3 Å². The van der Waals surface area contributed by atoms with E-state index in [-0.39, 0.29) is 30.5 Å². The van der Waals surface area contributed by atoms with Gasteiger partial charge in [-0.3, -0.25) is 10.2 Å². The average Bonchev–Trinajstić information content (AvgIpc) is 3.21. The molecule has 0 fully saturated rings. The second kappa shape index (κ2) is 6.84. The number of ether oxygens (including phenoxy) is 1. The zero-order valence-electron chi connectivity index (χ0n) is 15.6. The van der Waals surface area contributed by atoms with Crippen LogP contribution >= 0.6 is 0 Å². The Hall–Kier alpha value is -3.61. The van der Waals surface area contributed by atoms with Crippen LogP contribution in [0.15, 0.2) is 48.2 Å². The summed E-state index contributed by atoms with van der Waals surface area (Å²) in [6, 6.07) is 13.2. The van der Waals surface area contributed by atoms with Crippen LogP contribution in [0.5, 0.6) is 0 Å². The number of aliphatic hydroxyl groups excluding tert-OH is 1. The number of amidine groups is 1. The number of nitrogens with zero attached hydrogens (tertiary/aromatic N) is 2. The van der Waals surface area contributed by atoms with Gasteiger partial charge < -0.3 is 19.7 Å². The monoisotopic (exact) mass is 376 g/mol. The number of rotatable bonds is 4. The minimum Gasteiger partial charge on any atom is -0.509 e. The zero-order chi connectivity index (χ0) is 19.8. The molecular formula is C21H20N4O3. The molecule has 0 atom stereocenters. The molecular weight excluding hydrogens is 356 g/mol. The first-order chi connectivity index (χ1) is 13.5. The van der Waals surface area contributed by atoms with Crippen LogP contribution in [-0.2, 0) is 16.0 Å². The Kier molecular flexibility index (Phi) is 4.35. The number of aryl methyl sites for hydroxylation is 1. The van der Waals surface area contributed by atoms with E-state index in [4.69, 9.17) is 5.41 Å². The van der Waals surface area contributed by atoms with Crippen molar-refractivity contribution in [1.82, 2.24) is 9.97 Å². The van der Waals surface area contributed by atoms with Crippen LogP contribution in [0.2, 0.25) is 0 Å². The van der Waals surface area contributed by atoms with Gasteiger partial charge in [0.1, 0.15) is 17.4 Å². The van der Waals surface area contributed by atoms with E-state index < -0.39 is 0 Å². The van der Waals surface area contributed by atoms with Gasteiger partial charge in [0.25, 0.3) is 0 Å². The summed E-state index contributed by atoms with van der Waals surface area (Å²) in [5, 5.41) is 19.1. The maximum absolute atomic E-state index is 11.4. The Morgan fingerprint density at radius 3 is 2.75 bits per heavy atom. The lowest BCUT2D eigenvalue weighted by molar-refractivity contribution is -0.139. The average molecular weight is 376 g/mol. The highest BCUT2D eigenvalue weighted by Crippen LogP contribution is 2.31. The second-order valence-electron chi connectivity index (χ2n) is 6.78. The molecule has 4 rings (SSSR count). The van der Waals surface area contributed by atoms with Crippen LogP contribution < -0.4 is 4.90 Å². The number of methoxy groups -OCH3 is 1. The van der Waals surface area contributed by atoms with E-state index in [1.165, 1.54) is 7.11 Å².